The molecule has 1 heterocycles. The highest BCUT2D eigenvalue weighted by atomic mass is 32.2. The number of ether oxygens (including phenoxy) is 1. The van der Waals surface area contributed by atoms with E-state index in [2.05, 4.69) is 54.8 Å². The molecule has 1 aliphatic rings. The Hall–Kier alpha value is -0.920. The first-order valence-electron chi connectivity index (χ1n) is 12.3. The number of alkyl halides is 3. The summed E-state index contributed by atoms with van der Waals surface area (Å²) in [6.45, 7) is 17.3. The van der Waals surface area contributed by atoms with Crippen molar-refractivity contribution in [2.45, 2.75) is 75.6 Å². The zero-order valence-electron chi connectivity index (χ0n) is 23.4. The fourth-order valence-corrected chi connectivity index (χ4v) is 4.84. The molecule has 1 fully saturated rings. The number of nitrogens with zero attached hydrogens (tertiary/aromatic N) is 1. The lowest BCUT2D eigenvalue weighted by Crippen LogP contribution is -2.37. The molecular weight excluding hydrogens is 568 g/mol. The SMILES string of the molecule is C.CC.CC.CC(CCN1CCOCC1)CSc1ccccc1.Cc1ccc(S)cc1SC(F)(F)F.O.O.O. The molecule has 0 saturated carbocycles. The summed E-state index contributed by atoms with van der Waals surface area (Å²) in [7, 11) is 0. The van der Waals surface area contributed by atoms with Crippen molar-refractivity contribution >= 4 is 36.2 Å². The highest BCUT2D eigenvalue weighted by molar-refractivity contribution is 8.00. The Kier molecular flexibility index (Phi) is 35.1. The summed E-state index contributed by atoms with van der Waals surface area (Å²) in [5.74, 6) is 1.99. The number of rotatable bonds is 7. The van der Waals surface area contributed by atoms with Crippen molar-refractivity contribution in [3.05, 3.63) is 54.1 Å². The summed E-state index contributed by atoms with van der Waals surface area (Å²) in [5, 5.41) is 0. The molecule has 0 amide bonds. The van der Waals surface area contributed by atoms with Crippen LogP contribution in [-0.2, 0) is 4.74 Å². The highest BCUT2D eigenvalue weighted by Gasteiger charge is 2.29. The maximum absolute atomic E-state index is 12.0. The predicted octanol–water partition coefficient (Wildman–Crippen LogP) is 7.25. The molecule has 1 saturated heterocycles. The van der Waals surface area contributed by atoms with Gasteiger partial charge in [-0.2, -0.15) is 13.2 Å². The fraction of sp³-hybridized carbons (Fsp3) is 0.571. The van der Waals surface area contributed by atoms with E-state index in [4.69, 9.17) is 4.74 Å². The summed E-state index contributed by atoms with van der Waals surface area (Å²) in [4.78, 5) is 4.65. The molecular formula is C28H52F3NO4S3. The van der Waals surface area contributed by atoms with Crippen molar-refractivity contribution in [2.75, 3.05) is 38.6 Å². The number of hydrogen-bond donors (Lipinski definition) is 1. The van der Waals surface area contributed by atoms with Gasteiger partial charge in [0.2, 0.25) is 0 Å². The molecule has 5 nitrogen and oxygen atoms in total. The first-order valence-corrected chi connectivity index (χ1v) is 14.5. The van der Waals surface area contributed by atoms with Gasteiger partial charge in [0.05, 0.1) is 13.2 Å². The smallest absolute Gasteiger partial charge is 0.412 e. The Bertz CT molecular complexity index is 782. The Morgan fingerprint density at radius 1 is 0.949 bits per heavy atom. The van der Waals surface area contributed by atoms with Crippen molar-refractivity contribution in [1.82, 2.24) is 4.90 Å². The number of thioether (sulfide) groups is 2. The second-order valence-corrected chi connectivity index (χ2v) is 10.2. The maximum atomic E-state index is 12.0. The van der Waals surface area contributed by atoms with Gasteiger partial charge < -0.3 is 21.2 Å². The molecule has 1 unspecified atom stereocenters. The Morgan fingerprint density at radius 3 is 2.00 bits per heavy atom. The largest absolute Gasteiger partial charge is 0.446 e. The third-order valence-electron chi connectivity index (χ3n) is 4.72. The van der Waals surface area contributed by atoms with Crippen LogP contribution in [0.4, 0.5) is 13.2 Å². The van der Waals surface area contributed by atoms with Crippen LogP contribution >= 0.6 is 36.2 Å². The van der Waals surface area contributed by atoms with Gasteiger partial charge >= 0.3 is 5.51 Å². The first-order chi connectivity index (χ1) is 16.7. The van der Waals surface area contributed by atoms with Crippen LogP contribution in [0.3, 0.4) is 0 Å². The molecule has 1 aliphatic heterocycles. The standard InChI is InChI=1S/C15H23NOS.C8H7F3S2.2C2H6.CH4.3H2O/c1-14(7-8-16-9-11-17-12-10-16)13-18-15-5-3-2-4-6-15;1-5-2-3-6(12)4-7(5)13-8(9,10)11;2*1-2;;;;/h2-6,14H,7-13H2,1H3;2-4,12H,1H3;2*1-2H3;1H4;3*1H2. The highest BCUT2D eigenvalue weighted by Crippen LogP contribution is 2.39. The molecule has 6 N–H and O–H groups in total. The quantitative estimate of drug-likeness (QED) is 0.260. The van der Waals surface area contributed by atoms with E-state index in [1.54, 1.807) is 19.1 Å². The van der Waals surface area contributed by atoms with Crippen LogP contribution in [-0.4, -0.2) is 65.4 Å². The number of thiol groups is 1. The second-order valence-electron chi connectivity index (χ2n) is 7.47. The van der Waals surface area contributed by atoms with Crippen LogP contribution in [0.15, 0.2) is 63.2 Å². The zero-order valence-corrected chi connectivity index (χ0v) is 25.9. The Balaban J connectivity index is -0.000000165. The predicted molar refractivity (Wildman–Crippen MR) is 169 cm³/mol. The van der Waals surface area contributed by atoms with Crippen LogP contribution in [0.1, 0.15) is 54.0 Å². The lowest BCUT2D eigenvalue weighted by atomic mass is 10.1. The Morgan fingerprint density at radius 2 is 1.49 bits per heavy atom. The molecule has 2 aromatic rings. The van der Waals surface area contributed by atoms with E-state index in [-0.39, 0.29) is 40.5 Å². The summed E-state index contributed by atoms with van der Waals surface area (Å²) >= 11 is 5.83. The Labute approximate surface area is 249 Å². The second kappa shape index (κ2) is 28.6. The van der Waals surface area contributed by atoms with Gasteiger partial charge in [0.25, 0.3) is 0 Å². The molecule has 0 spiro atoms. The summed E-state index contributed by atoms with van der Waals surface area (Å²) < 4.78 is 41.3. The summed E-state index contributed by atoms with van der Waals surface area (Å²) in [6, 6.07) is 15.4. The van der Waals surface area contributed by atoms with Crippen LogP contribution in [0.25, 0.3) is 0 Å². The lowest BCUT2D eigenvalue weighted by molar-refractivity contribution is -0.0328. The molecule has 0 bridgehead atoms. The lowest BCUT2D eigenvalue weighted by Gasteiger charge is -2.27. The van der Waals surface area contributed by atoms with Crippen molar-refractivity contribution < 1.29 is 34.3 Å². The van der Waals surface area contributed by atoms with Gasteiger partial charge in [-0.15, -0.1) is 24.4 Å². The average molecular weight is 620 g/mol. The molecule has 3 rings (SSSR count). The van der Waals surface area contributed by atoms with E-state index < -0.39 is 5.51 Å². The molecule has 0 radical (unpaired) electrons. The van der Waals surface area contributed by atoms with Gasteiger partial charge in [-0.3, -0.25) is 4.90 Å². The minimum atomic E-state index is -4.23. The van der Waals surface area contributed by atoms with E-state index >= 15 is 0 Å². The number of morpholine rings is 1. The fourth-order valence-electron chi connectivity index (χ4n) is 2.89. The third kappa shape index (κ3) is 24.6. The van der Waals surface area contributed by atoms with Crippen molar-refractivity contribution in [3.8, 4) is 0 Å². The monoisotopic (exact) mass is 619 g/mol. The van der Waals surface area contributed by atoms with Gasteiger partial charge in [0.15, 0.2) is 0 Å². The van der Waals surface area contributed by atoms with E-state index in [1.807, 2.05) is 39.5 Å². The molecule has 0 aliphatic carbocycles. The van der Waals surface area contributed by atoms with Crippen molar-refractivity contribution in [2.24, 2.45) is 5.92 Å². The minimum Gasteiger partial charge on any atom is -0.412 e. The number of halogens is 3. The van der Waals surface area contributed by atoms with Crippen LogP contribution in [0, 0.1) is 12.8 Å². The van der Waals surface area contributed by atoms with Crippen LogP contribution < -0.4 is 0 Å². The average Bonchev–Trinajstić information content (AvgIpc) is 2.87. The number of hydrogen-bond acceptors (Lipinski definition) is 5. The van der Waals surface area contributed by atoms with Gasteiger partial charge in [-0.1, -0.05) is 66.3 Å². The van der Waals surface area contributed by atoms with Gasteiger partial charge in [-0.05, 0) is 67.4 Å². The molecule has 232 valence electrons. The third-order valence-corrected chi connectivity index (χ3v) is 7.23. The van der Waals surface area contributed by atoms with Gasteiger partial charge in [-0.25, -0.2) is 0 Å². The summed E-state index contributed by atoms with van der Waals surface area (Å²) in [6.07, 6.45) is 1.29. The van der Waals surface area contributed by atoms with Gasteiger partial charge in [0, 0.05) is 33.5 Å². The minimum absolute atomic E-state index is 0. The van der Waals surface area contributed by atoms with Crippen LogP contribution in [0.2, 0.25) is 0 Å². The van der Waals surface area contributed by atoms with Gasteiger partial charge in [0.1, 0.15) is 0 Å². The zero-order chi connectivity index (χ0) is 26.7. The number of benzene rings is 2. The molecule has 2 aromatic carbocycles. The first kappa shape index (κ1) is 47.8. The molecule has 11 heteroatoms. The van der Waals surface area contributed by atoms with E-state index in [9.17, 15) is 13.2 Å². The topological polar surface area (TPSA) is 107 Å². The maximum Gasteiger partial charge on any atom is 0.446 e. The van der Waals surface area contributed by atoms with E-state index in [0.717, 1.165) is 32.2 Å². The molecule has 39 heavy (non-hydrogen) atoms. The summed E-state index contributed by atoms with van der Waals surface area (Å²) in [5.41, 5.74) is -3.62. The molecule has 0 aromatic heterocycles. The van der Waals surface area contributed by atoms with Crippen molar-refractivity contribution in [1.29, 1.82) is 0 Å². The van der Waals surface area contributed by atoms with E-state index in [1.165, 1.54) is 29.7 Å². The van der Waals surface area contributed by atoms with Crippen LogP contribution in [0.5, 0.6) is 0 Å². The van der Waals surface area contributed by atoms with E-state index in [0.29, 0.717) is 10.5 Å². The molecule has 1 atom stereocenters. The van der Waals surface area contributed by atoms with Crippen molar-refractivity contribution in [3.63, 3.8) is 0 Å². The normalized spacial score (nSPS) is 12.9. The number of aryl methyl sites for hydroxylation is 1.